The molecule has 0 spiro atoms. The van der Waals surface area contributed by atoms with Gasteiger partial charge in [-0.15, -0.1) is 11.3 Å². The number of hydrogen-bond donors (Lipinski definition) is 1. The molecule has 4 heteroatoms. The largest absolute Gasteiger partial charge is 0.374 e. The summed E-state index contributed by atoms with van der Waals surface area (Å²) in [5.74, 6) is 0. The van der Waals surface area contributed by atoms with Gasteiger partial charge in [-0.05, 0) is 37.5 Å². The van der Waals surface area contributed by atoms with Crippen LogP contribution in [-0.4, -0.2) is 18.6 Å². The van der Waals surface area contributed by atoms with Crippen molar-refractivity contribution in [1.29, 1.82) is 0 Å². The number of thiazole rings is 1. The highest BCUT2D eigenvalue weighted by Crippen LogP contribution is 2.27. The predicted molar refractivity (Wildman–Crippen MR) is 85.5 cm³/mol. The Morgan fingerprint density at radius 3 is 3.05 bits per heavy atom. The maximum atomic E-state index is 4.54. The van der Waals surface area contributed by atoms with Gasteiger partial charge in [0.25, 0.3) is 0 Å². The highest BCUT2D eigenvalue weighted by molar-refractivity contribution is 7.09. The minimum Gasteiger partial charge on any atom is -0.374 e. The Balaban J connectivity index is 1.64. The monoisotopic (exact) mass is 287 g/mol. The first kappa shape index (κ1) is 13.6. The fraction of sp³-hybridized carbons (Fsp3) is 0.438. The molecule has 0 bridgehead atoms. The first-order chi connectivity index (χ1) is 9.63. The fourth-order valence-corrected chi connectivity index (χ4v) is 3.49. The van der Waals surface area contributed by atoms with Gasteiger partial charge in [-0.2, -0.15) is 0 Å². The van der Waals surface area contributed by atoms with E-state index in [1.54, 1.807) is 11.3 Å². The van der Waals surface area contributed by atoms with Crippen molar-refractivity contribution in [2.75, 3.05) is 18.5 Å². The molecule has 1 aliphatic heterocycles. The van der Waals surface area contributed by atoms with E-state index in [0.717, 1.165) is 18.8 Å². The van der Waals surface area contributed by atoms with Crippen LogP contribution in [0.5, 0.6) is 0 Å². The molecule has 0 radical (unpaired) electrons. The van der Waals surface area contributed by atoms with E-state index in [9.17, 15) is 0 Å². The second-order valence-corrected chi connectivity index (χ2v) is 6.45. The zero-order valence-corrected chi connectivity index (χ0v) is 13.1. The van der Waals surface area contributed by atoms with Crippen molar-refractivity contribution in [1.82, 2.24) is 10.3 Å². The smallest absolute Gasteiger partial charge is 0.110 e. The van der Waals surface area contributed by atoms with Gasteiger partial charge in [-0.1, -0.05) is 12.1 Å². The van der Waals surface area contributed by atoms with Gasteiger partial charge in [0.2, 0.25) is 0 Å². The van der Waals surface area contributed by atoms with E-state index in [2.05, 4.69) is 52.8 Å². The molecule has 2 aromatic rings. The first-order valence-electron chi connectivity index (χ1n) is 7.12. The molecule has 1 atom stereocenters. The van der Waals surface area contributed by atoms with E-state index in [-0.39, 0.29) is 0 Å². The molecule has 106 valence electrons. The second kappa shape index (κ2) is 5.54. The lowest BCUT2D eigenvalue weighted by molar-refractivity contribution is 0.571. The summed E-state index contributed by atoms with van der Waals surface area (Å²) in [4.78, 5) is 6.87. The summed E-state index contributed by atoms with van der Waals surface area (Å²) in [6.45, 7) is 6.26. The van der Waals surface area contributed by atoms with Crippen molar-refractivity contribution in [2.45, 2.75) is 32.9 Å². The third kappa shape index (κ3) is 2.72. The molecular formula is C16H21N3S. The minimum absolute atomic E-state index is 0.310. The van der Waals surface area contributed by atoms with E-state index < -0.39 is 0 Å². The average molecular weight is 287 g/mol. The van der Waals surface area contributed by atoms with Gasteiger partial charge >= 0.3 is 0 Å². The fourth-order valence-electron chi connectivity index (χ4n) is 2.66. The highest BCUT2D eigenvalue weighted by Gasteiger charge is 2.16. The molecule has 0 aliphatic carbocycles. The molecular weight excluding hydrogens is 266 g/mol. The van der Waals surface area contributed by atoms with Crippen LogP contribution in [0.1, 0.15) is 34.8 Å². The van der Waals surface area contributed by atoms with Gasteiger partial charge in [-0.3, -0.25) is 0 Å². The van der Waals surface area contributed by atoms with Crippen LogP contribution in [0.25, 0.3) is 0 Å². The second-order valence-electron chi connectivity index (χ2n) is 5.56. The van der Waals surface area contributed by atoms with E-state index in [0.29, 0.717) is 6.04 Å². The van der Waals surface area contributed by atoms with Gasteiger partial charge in [-0.25, -0.2) is 4.98 Å². The van der Waals surface area contributed by atoms with Crippen molar-refractivity contribution in [3.63, 3.8) is 0 Å². The third-order valence-electron chi connectivity index (χ3n) is 3.89. The number of hydrogen-bond acceptors (Lipinski definition) is 4. The summed E-state index contributed by atoms with van der Waals surface area (Å²) in [5.41, 5.74) is 5.33. The number of nitrogens with one attached hydrogen (secondary N) is 1. The number of anilines is 1. The molecule has 3 rings (SSSR count). The lowest BCUT2D eigenvalue weighted by atomic mass is 10.1. The van der Waals surface area contributed by atoms with Crippen LogP contribution in [0, 0.1) is 6.92 Å². The maximum absolute atomic E-state index is 4.54. The summed E-state index contributed by atoms with van der Waals surface area (Å²) in [6.07, 6.45) is 1.17. The van der Waals surface area contributed by atoms with E-state index >= 15 is 0 Å². The lowest BCUT2D eigenvalue weighted by Gasteiger charge is -2.14. The molecule has 20 heavy (non-hydrogen) atoms. The summed E-state index contributed by atoms with van der Waals surface area (Å²) in [7, 11) is 2.16. The van der Waals surface area contributed by atoms with Gasteiger partial charge < -0.3 is 10.2 Å². The van der Waals surface area contributed by atoms with Crippen LogP contribution in [-0.2, 0) is 13.0 Å². The topological polar surface area (TPSA) is 28.2 Å². The summed E-state index contributed by atoms with van der Waals surface area (Å²) in [6, 6.07) is 7.13. The van der Waals surface area contributed by atoms with E-state index in [4.69, 9.17) is 0 Å². The molecule has 1 aliphatic rings. The Labute approximate surface area is 124 Å². The Hall–Kier alpha value is -1.39. The van der Waals surface area contributed by atoms with Crippen LogP contribution >= 0.6 is 11.3 Å². The quantitative estimate of drug-likeness (QED) is 0.935. The first-order valence-corrected chi connectivity index (χ1v) is 8.00. The van der Waals surface area contributed by atoms with Gasteiger partial charge in [0, 0.05) is 36.9 Å². The number of aryl methyl sites for hydroxylation is 1. The zero-order chi connectivity index (χ0) is 14.1. The zero-order valence-electron chi connectivity index (χ0n) is 12.3. The number of fused-ring (bicyclic) bond motifs is 1. The summed E-state index contributed by atoms with van der Waals surface area (Å²) < 4.78 is 0. The molecule has 0 fully saturated rings. The summed E-state index contributed by atoms with van der Waals surface area (Å²) in [5, 5.41) is 6.84. The number of likely N-dealkylation sites (N-methyl/N-ethyl adjacent to an activating group) is 1. The Morgan fingerprint density at radius 2 is 2.30 bits per heavy atom. The van der Waals surface area contributed by atoms with Crippen LogP contribution in [0.4, 0.5) is 5.69 Å². The van der Waals surface area contributed by atoms with Crippen molar-refractivity contribution < 1.29 is 0 Å². The molecule has 2 heterocycles. The van der Waals surface area contributed by atoms with Crippen molar-refractivity contribution >= 4 is 17.0 Å². The molecule has 1 unspecified atom stereocenters. The van der Waals surface area contributed by atoms with Crippen LogP contribution in [0.2, 0.25) is 0 Å². The average Bonchev–Trinajstić information content (AvgIpc) is 3.03. The molecule has 1 aromatic carbocycles. The molecule has 0 amide bonds. The number of nitrogens with zero attached hydrogens (tertiary/aromatic N) is 2. The van der Waals surface area contributed by atoms with Gasteiger partial charge in [0.1, 0.15) is 5.01 Å². The number of aromatic nitrogens is 1. The SMILES string of the molecule is Cc1csc(C(C)NCc2ccc3c(c2)CCN3C)n1. The van der Waals surface area contributed by atoms with Crippen molar-refractivity contribution in [3.8, 4) is 0 Å². The standard InChI is InChI=1S/C16H21N3S/c1-11-10-20-16(18-11)12(2)17-9-13-4-5-15-14(8-13)6-7-19(15)3/h4-5,8,10,12,17H,6-7,9H2,1-3H3. The molecule has 0 saturated carbocycles. The minimum atomic E-state index is 0.310. The van der Waals surface area contributed by atoms with Crippen LogP contribution < -0.4 is 10.2 Å². The van der Waals surface area contributed by atoms with Crippen LogP contribution in [0.3, 0.4) is 0 Å². The van der Waals surface area contributed by atoms with Crippen molar-refractivity contribution in [2.24, 2.45) is 0 Å². The summed E-state index contributed by atoms with van der Waals surface area (Å²) >= 11 is 1.73. The van der Waals surface area contributed by atoms with Crippen molar-refractivity contribution in [3.05, 3.63) is 45.4 Å². The highest BCUT2D eigenvalue weighted by atomic mass is 32.1. The Bertz CT molecular complexity index is 606. The van der Waals surface area contributed by atoms with E-state index in [1.165, 1.54) is 28.2 Å². The van der Waals surface area contributed by atoms with Crippen LogP contribution in [0.15, 0.2) is 23.6 Å². The number of benzene rings is 1. The lowest BCUT2D eigenvalue weighted by Crippen LogP contribution is -2.18. The molecule has 1 aromatic heterocycles. The Kier molecular flexibility index (Phi) is 3.76. The third-order valence-corrected chi connectivity index (χ3v) is 5.04. The molecule has 1 N–H and O–H groups in total. The van der Waals surface area contributed by atoms with Gasteiger partial charge in [0.15, 0.2) is 0 Å². The molecule has 3 nitrogen and oxygen atoms in total. The Morgan fingerprint density at radius 1 is 1.45 bits per heavy atom. The molecule has 0 saturated heterocycles. The maximum Gasteiger partial charge on any atom is 0.110 e. The predicted octanol–water partition coefficient (Wildman–Crippen LogP) is 3.29. The normalized spacial score (nSPS) is 15.4. The van der Waals surface area contributed by atoms with E-state index in [1.807, 2.05) is 6.92 Å². The van der Waals surface area contributed by atoms with Gasteiger partial charge in [0.05, 0.1) is 6.04 Å². The number of rotatable bonds is 4.